The summed E-state index contributed by atoms with van der Waals surface area (Å²) in [5.41, 5.74) is 2.05. The fourth-order valence-corrected chi connectivity index (χ4v) is 4.40. The van der Waals surface area contributed by atoms with Gasteiger partial charge in [0.25, 0.3) is 0 Å². The molecule has 0 bridgehead atoms. The molecule has 1 aromatic carbocycles. The summed E-state index contributed by atoms with van der Waals surface area (Å²) in [6.45, 7) is 4.65. The molecule has 25 heavy (non-hydrogen) atoms. The Labute approximate surface area is 151 Å². The number of ether oxygens (including phenoxy) is 1. The molecule has 3 heterocycles. The fourth-order valence-electron chi connectivity index (χ4n) is 3.50. The predicted octanol–water partition coefficient (Wildman–Crippen LogP) is 1.73. The summed E-state index contributed by atoms with van der Waals surface area (Å²) < 4.78 is 5.65. The van der Waals surface area contributed by atoms with Gasteiger partial charge in [0.05, 0.1) is 30.8 Å². The number of rotatable bonds is 4. The standard InChI is InChI=1S/C18H24N4O2S/c23-18(21-6-9-25-10-7-21)11-14-13-24-8-5-22(14)12-17-19-15-3-1-2-4-16(15)20-17/h1-4,14H,5-13H2,(H,19,20). The van der Waals surface area contributed by atoms with Crippen LogP contribution in [0.25, 0.3) is 11.0 Å². The summed E-state index contributed by atoms with van der Waals surface area (Å²) in [6, 6.07) is 8.20. The maximum atomic E-state index is 12.6. The van der Waals surface area contributed by atoms with Crippen LogP contribution in [0.5, 0.6) is 0 Å². The topological polar surface area (TPSA) is 61.5 Å². The average Bonchev–Trinajstić information content (AvgIpc) is 3.06. The van der Waals surface area contributed by atoms with E-state index in [0.29, 0.717) is 19.6 Å². The minimum absolute atomic E-state index is 0.129. The fraction of sp³-hybridized carbons (Fsp3) is 0.556. The third-order valence-corrected chi connectivity index (χ3v) is 5.86. The molecular formula is C18H24N4O2S. The molecule has 1 atom stereocenters. The first-order valence-electron chi connectivity index (χ1n) is 8.90. The molecule has 134 valence electrons. The highest BCUT2D eigenvalue weighted by molar-refractivity contribution is 7.99. The van der Waals surface area contributed by atoms with E-state index in [1.165, 1.54) is 0 Å². The van der Waals surface area contributed by atoms with Gasteiger partial charge in [0.2, 0.25) is 5.91 Å². The van der Waals surface area contributed by atoms with Crippen molar-refractivity contribution in [3.05, 3.63) is 30.1 Å². The van der Waals surface area contributed by atoms with Gasteiger partial charge in [-0.3, -0.25) is 9.69 Å². The first-order chi connectivity index (χ1) is 12.3. The predicted molar refractivity (Wildman–Crippen MR) is 99.6 cm³/mol. The Morgan fingerprint density at radius 3 is 2.96 bits per heavy atom. The number of thioether (sulfide) groups is 1. The van der Waals surface area contributed by atoms with Crippen LogP contribution in [-0.2, 0) is 16.1 Å². The number of benzene rings is 1. The lowest BCUT2D eigenvalue weighted by Crippen LogP contribution is -2.48. The average molecular weight is 360 g/mol. The van der Waals surface area contributed by atoms with Crippen molar-refractivity contribution in [1.29, 1.82) is 0 Å². The summed E-state index contributed by atoms with van der Waals surface area (Å²) in [7, 11) is 0. The van der Waals surface area contributed by atoms with Crippen LogP contribution in [0.3, 0.4) is 0 Å². The van der Waals surface area contributed by atoms with Crippen LogP contribution in [0.1, 0.15) is 12.2 Å². The number of carbonyl (C=O) groups is 1. The molecule has 1 amide bonds. The van der Waals surface area contributed by atoms with Crippen LogP contribution in [0.4, 0.5) is 0 Å². The molecule has 2 aromatic rings. The molecule has 6 nitrogen and oxygen atoms in total. The van der Waals surface area contributed by atoms with Crippen molar-refractivity contribution in [3.63, 3.8) is 0 Å². The van der Waals surface area contributed by atoms with E-state index in [1.54, 1.807) is 0 Å². The summed E-state index contributed by atoms with van der Waals surface area (Å²) in [4.78, 5) is 25.0. The van der Waals surface area contributed by atoms with E-state index in [4.69, 9.17) is 4.74 Å². The van der Waals surface area contributed by atoms with Gasteiger partial charge < -0.3 is 14.6 Å². The smallest absolute Gasteiger partial charge is 0.224 e. The summed E-state index contributed by atoms with van der Waals surface area (Å²) in [6.07, 6.45) is 0.533. The van der Waals surface area contributed by atoms with E-state index in [9.17, 15) is 4.79 Å². The molecule has 1 unspecified atom stereocenters. The van der Waals surface area contributed by atoms with Crippen molar-refractivity contribution in [2.24, 2.45) is 0 Å². The van der Waals surface area contributed by atoms with E-state index in [-0.39, 0.29) is 11.9 Å². The quantitative estimate of drug-likeness (QED) is 0.900. The molecule has 0 spiro atoms. The van der Waals surface area contributed by atoms with Gasteiger partial charge in [0, 0.05) is 43.6 Å². The number of nitrogens with zero attached hydrogens (tertiary/aromatic N) is 3. The number of aromatic nitrogens is 2. The number of carbonyl (C=O) groups excluding carboxylic acids is 1. The van der Waals surface area contributed by atoms with Crippen molar-refractivity contribution in [3.8, 4) is 0 Å². The van der Waals surface area contributed by atoms with Crippen LogP contribution >= 0.6 is 11.8 Å². The zero-order chi connectivity index (χ0) is 17.1. The lowest BCUT2D eigenvalue weighted by Gasteiger charge is -2.36. The van der Waals surface area contributed by atoms with Crippen molar-refractivity contribution >= 4 is 28.7 Å². The minimum Gasteiger partial charge on any atom is -0.378 e. The zero-order valence-corrected chi connectivity index (χ0v) is 15.1. The Morgan fingerprint density at radius 2 is 2.12 bits per heavy atom. The van der Waals surface area contributed by atoms with Crippen LogP contribution in [0.15, 0.2) is 24.3 Å². The van der Waals surface area contributed by atoms with Crippen molar-refractivity contribution in [2.45, 2.75) is 19.0 Å². The Bertz CT molecular complexity index is 696. The number of hydrogen-bond acceptors (Lipinski definition) is 5. The van der Waals surface area contributed by atoms with Gasteiger partial charge in [0.15, 0.2) is 0 Å². The van der Waals surface area contributed by atoms with Gasteiger partial charge in [-0.15, -0.1) is 0 Å². The van der Waals surface area contributed by atoms with E-state index < -0.39 is 0 Å². The van der Waals surface area contributed by atoms with Crippen LogP contribution < -0.4 is 0 Å². The number of amides is 1. The Kier molecular flexibility index (Phi) is 5.24. The molecule has 2 aliphatic heterocycles. The highest BCUT2D eigenvalue weighted by atomic mass is 32.2. The van der Waals surface area contributed by atoms with Crippen molar-refractivity contribution in [1.82, 2.24) is 19.8 Å². The molecule has 0 aliphatic carbocycles. The van der Waals surface area contributed by atoms with Gasteiger partial charge in [0.1, 0.15) is 5.82 Å². The molecule has 0 saturated carbocycles. The lowest BCUT2D eigenvalue weighted by atomic mass is 10.1. The summed E-state index contributed by atoms with van der Waals surface area (Å²) in [5.74, 6) is 3.31. The van der Waals surface area contributed by atoms with Crippen molar-refractivity contribution < 1.29 is 9.53 Å². The van der Waals surface area contributed by atoms with Gasteiger partial charge in [-0.1, -0.05) is 12.1 Å². The zero-order valence-electron chi connectivity index (χ0n) is 14.3. The first kappa shape index (κ1) is 16.9. The Hall–Kier alpha value is -1.57. The lowest BCUT2D eigenvalue weighted by molar-refractivity contribution is -0.134. The molecule has 2 aliphatic rings. The van der Waals surface area contributed by atoms with Gasteiger partial charge >= 0.3 is 0 Å². The Morgan fingerprint density at radius 1 is 1.28 bits per heavy atom. The van der Waals surface area contributed by atoms with E-state index >= 15 is 0 Å². The second-order valence-electron chi connectivity index (χ2n) is 6.60. The van der Waals surface area contributed by atoms with Crippen LogP contribution in [0, 0.1) is 0 Å². The van der Waals surface area contributed by atoms with E-state index in [1.807, 2.05) is 40.9 Å². The number of hydrogen-bond donors (Lipinski definition) is 1. The monoisotopic (exact) mass is 360 g/mol. The second kappa shape index (κ2) is 7.76. The third kappa shape index (κ3) is 3.99. The van der Waals surface area contributed by atoms with Gasteiger partial charge in [-0.25, -0.2) is 4.98 Å². The molecule has 7 heteroatoms. The molecule has 2 saturated heterocycles. The molecule has 0 radical (unpaired) electrons. The minimum atomic E-state index is 0.129. The first-order valence-corrected chi connectivity index (χ1v) is 10.1. The summed E-state index contributed by atoms with van der Waals surface area (Å²) in [5, 5.41) is 0. The maximum absolute atomic E-state index is 12.6. The Balaban J connectivity index is 1.42. The molecule has 4 rings (SSSR count). The molecule has 1 N–H and O–H groups in total. The normalized spacial score (nSPS) is 22.4. The number of nitrogens with one attached hydrogen (secondary N) is 1. The number of imidazole rings is 1. The van der Waals surface area contributed by atoms with E-state index in [0.717, 1.165) is 54.5 Å². The number of morpholine rings is 1. The second-order valence-corrected chi connectivity index (χ2v) is 7.82. The highest BCUT2D eigenvalue weighted by Crippen LogP contribution is 2.18. The van der Waals surface area contributed by atoms with Gasteiger partial charge in [-0.05, 0) is 12.1 Å². The SMILES string of the molecule is O=C(CC1COCCN1Cc1nc2ccccc2[nH]1)N1CCSCC1. The van der Waals surface area contributed by atoms with Crippen molar-refractivity contribution in [2.75, 3.05) is 44.4 Å². The summed E-state index contributed by atoms with van der Waals surface area (Å²) >= 11 is 1.93. The number of H-pyrrole nitrogens is 1. The largest absolute Gasteiger partial charge is 0.378 e. The number of fused-ring (bicyclic) bond motifs is 1. The number of aromatic amines is 1. The highest BCUT2D eigenvalue weighted by Gasteiger charge is 2.28. The third-order valence-electron chi connectivity index (χ3n) is 4.91. The van der Waals surface area contributed by atoms with Crippen LogP contribution in [-0.4, -0.2) is 76.1 Å². The molecular weight excluding hydrogens is 336 g/mol. The van der Waals surface area contributed by atoms with E-state index in [2.05, 4.69) is 14.9 Å². The van der Waals surface area contributed by atoms with Gasteiger partial charge in [-0.2, -0.15) is 11.8 Å². The molecule has 2 fully saturated rings. The maximum Gasteiger partial charge on any atom is 0.224 e. The van der Waals surface area contributed by atoms with Crippen LogP contribution in [0.2, 0.25) is 0 Å². The molecule has 1 aromatic heterocycles. The number of para-hydroxylation sites is 2.